The van der Waals surface area contributed by atoms with Crippen LogP contribution in [0.2, 0.25) is 0 Å². The highest BCUT2D eigenvalue weighted by molar-refractivity contribution is 7.92. The van der Waals surface area contributed by atoms with Gasteiger partial charge in [-0.3, -0.25) is 4.31 Å². The molecule has 9 heteroatoms. The maximum Gasteiger partial charge on any atom is 0.416 e. The third-order valence-electron chi connectivity index (χ3n) is 3.55. The van der Waals surface area contributed by atoms with Gasteiger partial charge in [0.25, 0.3) is 10.0 Å². The van der Waals surface area contributed by atoms with Crippen LogP contribution in [0.3, 0.4) is 0 Å². The highest BCUT2D eigenvalue weighted by Crippen LogP contribution is 2.34. The van der Waals surface area contributed by atoms with Gasteiger partial charge in [-0.25, -0.2) is 8.42 Å². The number of anilines is 1. The molecule has 0 bridgehead atoms. The van der Waals surface area contributed by atoms with Gasteiger partial charge >= 0.3 is 6.18 Å². The van der Waals surface area contributed by atoms with Gasteiger partial charge in [-0.1, -0.05) is 6.07 Å². The first-order valence-electron chi connectivity index (χ1n) is 6.99. The molecular weight excluding hydrogens is 359 g/mol. The topological polar surface area (TPSA) is 55.8 Å². The van der Waals surface area contributed by atoms with E-state index in [-0.39, 0.29) is 16.3 Å². The van der Waals surface area contributed by atoms with E-state index in [1.54, 1.807) is 0 Å². The Morgan fingerprint density at radius 2 is 1.60 bits per heavy atom. The monoisotopic (exact) mass is 375 g/mol. The van der Waals surface area contributed by atoms with E-state index in [0.717, 1.165) is 22.5 Å². The van der Waals surface area contributed by atoms with Crippen molar-refractivity contribution in [3.8, 4) is 11.5 Å². The number of halogens is 3. The number of ether oxygens (including phenoxy) is 2. The SMILES string of the molecule is COc1ccc(S(=O)(=O)N(C)c2cccc(C(F)(F)F)c2)cc1OC. The molecule has 2 aromatic carbocycles. The lowest BCUT2D eigenvalue weighted by atomic mass is 10.2. The lowest BCUT2D eigenvalue weighted by Crippen LogP contribution is -2.27. The van der Waals surface area contributed by atoms with E-state index in [1.165, 1.54) is 45.5 Å². The summed E-state index contributed by atoms with van der Waals surface area (Å²) in [4.78, 5) is -0.134. The van der Waals surface area contributed by atoms with Gasteiger partial charge < -0.3 is 9.47 Å². The molecule has 0 aliphatic rings. The smallest absolute Gasteiger partial charge is 0.416 e. The van der Waals surface area contributed by atoms with E-state index in [9.17, 15) is 21.6 Å². The molecule has 0 heterocycles. The number of benzene rings is 2. The maximum absolute atomic E-state index is 12.8. The molecular formula is C16H16F3NO4S. The van der Waals surface area contributed by atoms with Gasteiger partial charge in [0.1, 0.15) is 0 Å². The minimum Gasteiger partial charge on any atom is -0.493 e. The van der Waals surface area contributed by atoms with Gasteiger partial charge in [-0.05, 0) is 30.3 Å². The summed E-state index contributed by atoms with van der Waals surface area (Å²) in [5.41, 5.74) is -1.04. The zero-order valence-electron chi connectivity index (χ0n) is 13.7. The number of hydrogen-bond donors (Lipinski definition) is 0. The molecule has 0 amide bonds. The van der Waals surface area contributed by atoms with Gasteiger partial charge in [-0.15, -0.1) is 0 Å². The molecule has 2 rings (SSSR count). The Balaban J connectivity index is 2.46. The number of methoxy groups -OCH3 is 2. The molecule has 25 heavy (non-hydrogen) atoms. The zero-order chi connectivity index (χ0) is 18.8. The van der Waals surface area contributed by atoms with E-state index < -0.39 is 21.8 Å². The number of hydrogen-bond acceptors (Lipinski definition) is 4. The van der Waals surface area contributed by atoms with Gasteiger partial charge in [0.15, 0.2) is 11.5 Å². The van der Waals surface area contributed by atoms with Crippen LogP contribution in [0.15, 0.2) is 47.4 Å². The predicted octanol–water partition coefficient (Wildman–Crippen LogP) is 3.55. The van der Waals surface area contributed by atoms with Crippen molar-refractivity contribution in [2.75, 3.05) is 25.6 Å². The first kappa shape index (κ1) is 18.9. The second-order valence-corrected chi connectivity index (χ2v) is 7.01. The Morgan fingerprint density at radius 1 is 0.960 bits per heavy atom. The minimum absolute atomic E-state index is 0.107. The van der Waals surface area contributed by atoms with Crippen LogP contribution in [0.4, 0.5) is 18.9 Å². The molecule has 5 nitrogen and oxygen atoms in total. The second-order valence-electron chi connectivity index (χ2n) is 5.04. The number of nitrogens with zero attached hydrogens (tertiary/aromatic N) is 1. The van der Waals surface area contributed by atoms with Gasteiger partial charge in [0.05, 0.1) is 30.4 Å². The summed E-state index contributed by atoms with van der Waals surface area (Å²) in [6, 6.07) is 8.04. The fourth-order valence-electron chi connectivity index (χ4n) is 2.15. The fourth-order valence-corrected chi connectivity index (χ4v) is 3.36. The van der Waals surface area contributed by atoms with Crippen molar-refractivity contribution in [2.24, 2.45) is 0 Å². The molecule has 0 N–H and O–H groups in total. The molecule has 0 aromatic heterocycles. The van der Waals surface area contributed by atoms with Crippen molar-refractivity contribution in [1.29, 1.82) is 0 Å². The summed E-state index contributed by atoms with van der Waals surface area (Å²) in [6.07, 6.45) is -4.57. The summed E-state index contributed by atoms with van der Waals surface area (Å²) in [5.74, 6) is 0.532. The Morgan fingerprint density at radius 3 is 2.16 bits per heavy atom. The van der Waals surface area contributed by atoms with Crippen molar-refractivity contribution in [1.82, 2.24) is 0 Å². The molecule has 0 spiro atoms. The van der Waals surface area contributed by atoms with Crippen LogP contribution in [-0.4, -0.2) is 29.7 Å². The third kappa shape index (κ3) is 3.81. The summed E-state index contributed by atoms with van der Waals surface area (Å²) in [7, 11) is -0.144. The molecule has 0 fully saturated rings. The van der Waals surface area contributed by atoms with E-state index >= 15 is 0 Å². The zero-order valence-corrected chi connectivity index (χ0v) is 14.5. The number of alkyl halides is 3. The lowest BCUT2D eigenvalue weighted by Gasteiger charge is -2.21. The molecule has 0 radical (unpaired) electrons. The van der Waals surface area contributed by atoms with Crippen molar-refractivity contribution in [3.63, 3.8) is 0 Å². The molecule has 2 aromatic rings. The number of sulfonamides is 1. The van der Waals surface area contributed by atoms with Crippen LogP contribution < -0.4 is 13.8 Å². The highest BCUT2D eigenvalue weighted by Gasteiger charge is 2.32. The largest absolute Gasteiger partial charge is 0.493 e. The van der Waals surface area contributed by atoms with Gasteiger partial charge in [-0.2, -0.15) is 13.2 Å². The molecule has 136 valence electrons. The van der Waals surface area contributed by atoms with Gasteiger partial charge in [0, 0.05) is 13.1 Å². The van der Waals surface area contributed by atoms with E-state index in [4.69, 9.17) is 9.47 Å². The molecule has 0 unspecified atom stereocenters. The minimum atomic E-state index is -4.57. The Labute approximate surface area is 143 Å². The lowest BCUT2D eigenvalue weighted by molar-refractivity contribution is -0.137. The molecule has 0 atom stereocenters. The van der Waals surface area contributed by atoms with Crippen LogP contribution in [0.1, 0.15) is 5.56 Å². The van der Waals surface area contributed by atoms with Crippen molar-refractivity contribution in [2.45, 2.75) is 11.1 Å². The molecule has 0 aliphatic heterocycles. The molecule has 0 saturated carbocycles. The van der Waals surface area contributed by atoms with Crippen molar-refractivity contribution in [3.05, 3.63) is 48.0 Å². The van der Waals surface area contributed by atoms with Crippen LogP contribution in [-0.2, 0) is 16.2 Å². The second kappa shape index (κ2) is 6.83. The summed E-state index contributed by atoms with van der Waals surface area (Å²) in [6.45, 7) is 0. The number of rotatable bonds is 5. The summed E-state index contributed by atoms with van der Waals surface area (Å²) in [5, 5.41) is 0. The Hall–Kier alpha value is -2.42. The van der Waals surface area contributed by atoms with E-state index in [1.807, 2.05) is 0 Å². The first-order chi connectivity index (χ1) is 11.6. The summed E-state index contributed by atoms with van der Waals surface area (Å²) >= 11 is 0. The third-order valence-corrected chi connectivity index (χ3v) is 5.33. The molecule has 0 saturated heterocycles. The summed E-state index contributed by atoms with van der Waals surface area (Å²) < 4.78 is 74.8. The maximum atomic E-state index is 12.8. The van der Waals surface area contributed by atoms with Crippen LogP contribution in [0.25, 0.3) is 0 Å². The van der Waals surface area contributed by atoms with Crippen LogP contribution >= 0.6 is 0 Å². The first-order valence-corrected chi connectivity index (χ1v) is 8.43. The molecule has 0 aliphatic carbocycles. The van der Waals surface area contributed by atoms with Crippen molar-refractivity contribution < 1.29 is 31.1 Å². The predicted molar refractivity (Wildman–Crippen MR) is 86.6 cm³/mol. The van der Waals surface area contributed by atoms with Crippen LogP contribution in [0, 0.1) is 0 Å². The average molecular weight is 375 g/mol. The Bertz CT molecular complexity index is 866. The van der Waals surface area contributed by atoms with Crippen molar-refractivity contribution >= 4 is 15.7 Å². The van der Waals surface area contributed by atoms with E-state index in [2.05, 4.69) is 0 Å². The fraction of sp³-hybridized carbons (Fsp3) is 0.250. The average Bonchev–Trinajstić information content (AvgIpc) is 2.59. The van der Waals surface area contributed by atoms with Gasteiger partial charge in [0.2, 0.25) is 0 Å². The normalized spacial score (nSPS) is 11.9. The highest BCUT2D eigenvalue weighted by atomic mass is 32.2. The Kier molecular flexibility index (Phi) is 5.17. The van der Waals surface area contributed by atoms with E-state index in [0.29, 0.717) is 5.75 Å². The quantitative estimate of drug-likeness (QED) is 0.802. The van der Waals surface area contributed by atoms with Crippen LogP contribution in [0.5, 0.6) is 11.5 Å². The standard InChI is InChI=1S/C16H16F3NO4S/c1-20(12-6-4-5-11(9-12)16(17,18)19)25(21,22)13-7-8-14(23-2)15(10-13)24-3/h4-10H,1-3H3.